The summed E-state index contributed by atoms with van der Waals surface area (Å²) in [5.74, 6) is 1.96. The van der Waals surface area contributed by atoms with Crippen LogP contribution in [0.15, 0.2) is 0 Å². The molecule has 1 N–H and O–H groups in total. The molecule has 0 aromatic heterocycles. The van der Waals surface area contributed by atoms with Gasteiger partial charge < -0.3 is 10.2 Å². The number of rotatable bonds is 0. The van der Waals surface area contributed by atoms with Gasteiger partial charge in [0.2, 0.25) is 0 Å². The van der Waals surface area contributed by atoms with Crippen molar-refractivity contribution in [3.05, 3.63) is 0 Å². The molecule has 0 bridgehead atoms. The van der Waals surface area contributed by atoms with Crippen LogP contribution in [0, 0.1) is 11.8 Å². The van der Waals surface area contributed by atoms with Gasteiger partial charge in [-0.25, -0.2) is 0 Å². The molecule has 2 atom stereocenters. The van der Waals surface area contributed by atoms with E-state index in [0.29, 0.717) is 0 Å². The minimum absolute atomic E-state index is 0.957. The molecule has 2 fully saturated rings. The highest BCUT2D eigenvalue weighted by atomic mass is 15.1. The Morgan fingerprint density at radius 1 is 1.30 bits per heavy atom. The van der Waals surface area contributed by atoms with Crippen LogP contribution in [0.5, 0.6) is 0 Å². The van der Waals surface area contributed by atoms with E-state index in [9.17, 15) is 0 Å². The Labute approximate surface area is 62.6 Å². The number of fused-ring (bicyclic) bond motifs is 1. The van der Waals surface area contributed by atoms with E-state index in [1.54, 1.807) is 0 Å². The lowest BCUT2D eigenvalue weighted by atomic mass is 9.90. The molecule has 2 saturated heterocycles. The standard InChI is InChI=1S/C8H16N2/c1-10-5-7-2-3-9-4-8(7)6-10/h7-9H,2-6H2,1H3/t7-,8?/m0/s1. The van der Waals surface area contributed by atoms with Crippen LogP contribution in [0.4, 0.5) is 0 Å². The minimum atomic E-state index is 0.957. The second-order valence-corrected chi connectivity index (χ2v) is 3.73. The van der Waals surface area contributed by atoms with Crippen LogP contribution in [0.2, 0.25) is 0 Å². The Morgan fingerprint density at radius 3 is 2.90 bits per heavy atom. The highest BCUT2D eigenvalue weighted by Gasteiger charge is 2.31. The van der Waals surface area contributed by atoms with Crippen LogP contribution in [-0.2, 0) is 0 Å². The average Bonchev–Trinajstić information content (AvgIpc) is 2.27. The second kappa shape index (κ2) is 2.51. The number of piperidine rings is 1. The molecule has 0 aromatic carbocycles. The van der Waals surface area contributed by atoms with Gasteiger partial charge in [0.1, 0.15) is 0 Å². The lowest BCUT2D eigenvalue weighted by Crippen LogP contribution is -2.35. The number of nitrogens with zero attached hydrogens (tertiary/aromatic N) is 1. The van der Waals surface area contributed by atoms with E-state index in [-0.39, 0.29) is 0 Å². The molecule has 10 heavy (non-hydrogen) atoms. The quantitative estimate of drug-likeness (QED) is 0.515. The molecule has 0 amide bonds. The number of hydrogen-bond donors (Lipinski definition) is 1. The predicted molar refractivity (Wildman–Crippen MR) is 42.0 cm³/mol. The van der Waals surface area contributed by atoms with Gasteiger partial charge in [-0.15, -0.1) is 0 Å². The first-order valence-corrected chi connectivity index (χ1v) is 4.25. The van der Waals surface area contributed by atoms with Crippen molar-refractivity contribution in [2.75, 3.05) is 33.2 Å². The van der Waals surface area contributed by atoms with Gasteiger partial charge in [-0.05, 0) is 38.4 Å². The van der Waals surface area contributed by atoms with Crippen molar-refractivity contribution in [1.82, 2.24) is 10.2 Å². The molecule has 2 nitrogen and oxygen atoms in total. The van der Waals surface area contributed by atoms with Crippen LogP contribution in [0.3, 0.4) is 0 Å². The predicted octanol–water partition coefficient (Wildman–Crippen LogP) is 0.157. The lowest BCUT2D eigenvalue weighted by molar-refractivity contribution is 0.318. The van der Waals surface area contributed by atoms with Crippen molar-refractivity contribution >= 4 is 0 Å². The zero-order valence-corrected chi connectivity index (χ0v) is 6.64. The van der Waals surface area contributed by atoms with Crippen molar-refractivity contribution in [2.45, 2.75) is 6.42 Å². The third-order valence-electron chi connectivity index (χ3n) is 2.86. The summed E-state index contributed by atoms with van der Waals surface area (Å²) in [7, 11) is 2.23. The molecule has 2 heteroatoms. The fourth-order valence-electron chi connectivity index (χ4n) is 2.31. The molecule has 0 aromatic rings. The maximum atomic E-state index is 3.45. The Kier molecular flexibility index (Phi) is 1.66. The van der Waals surface area contributed by atoms with E-state index in [4.69, 9.17) is 0 Å². The van der Waals surface area contributed by atoms with E-state index in [0.717, 1.165) is 11.8 Å². The first kappa shape index (κ1) is 6.62. The molecule has 0 saturated carbocycles. The number of hydrogen-bond acceptors (Lipinski definition) is 2. The van der Waals surface area contributed by atoms with Crippen LogP contribution in [-0.4, -0.2) is 38.1 Å². The summed E-state index contributed by atoms with van der Waals surface area (Å²) in [6.07, 6.45) is 1.40. The molecule has 0 spiro atoms. The summed E-state index contributed by atoms with van der Waals surface area (Å²) in [5.41, 5.74) is 0. The van der Waals surface area contributed by atoms with Gasteiger partial charge in [-0.3, -0.25) is 0 Å². The van der Waals surface area contributed by atoms with Gasteiger partial charge in [0.15, 0.2) is 0 Å². The molecule has 2 aliphatic heterocycles. The molecular formula is C8H16N2. The van der Waals surface area contributed by atoms with Crippen molar-refractivity contribution in [3.8, 4) is 0 Å². The summed E-state index contributed by atoms with van der Waals surface area (Å²) in [6, 6.07) is 0. The topological polar surface area (TPSA) is 15.3 Å². The summed E-state index contributed by atoms with van der Waals surface area (Å²) in [5, 5.41) is 3.45. The highest BCUT2D eigenvalue weighted by Crippen LogP contribution is 2.26. The van der Waals surface area contributed by atoms with Crippen molar-refractivity contribution < 1.29 is 0 Å². The minimum Gasteiger partial charge on any atom is -0.316 e. The molecule has 1 unspecified atom stereocenters. The maximum Gasteiger partial charge on any atom is 0.00220 e. The third-order valence-corrected chi connectivity index (χ3v) is 2.86. The second-order valence-electron chi connectivity index (χ2n) is 3.73. The van der Waals surface area contributed by atoms with Gasteiger partial charge >= 0.3 is 0 Å². The van der Waals surface area contributed by atoms with E-state index in [1.807, 2.05) is 0 Å². The van der Waals surface area contributed by atoms with Crippen molar-refractivity contribution in [3.63, 3.8) is 0 Å². The zero-order valence-electron chi connectivity index (χ0n) is 6.64. The molecule has 0 radical (unpaired) electrons. The van der Waals surface area contributed by atoms with Gasteiger partial charge in [-0.1, -0.05) is 0 Å². The molecule has 58 valence electrons. The Bertz CT molecular complexity index is 110. The fourth-order valence-corrected chi connectivity index (χ4v) is 2.31. The van der Waals surface area contributed by atoms with Crippen molar-refractivity contribution in [2.24, 2.45) is 11.8 Å². The highest BCUT2D eigenvalue weighted by molar-refractivity contribution is 4.86. The van der Waals surface area contributed by atoms with Crippen molar-refractivity contribution in [1.29, 1.82) is 0 Å². The molecule has 0 aliphatic carbocycles. The summed E-state index contributed by atoms with van der Waals surface area (Å²) < 4.78 is 0. The SMILES string of the molecule is CN1CC2CNCC[C@H]2C1. The normalized spacial score (nSPS) is 41.7. The largest absolute Gasteiger partial charge is 0.316 e. The van der Waals surface area contributed by atoms with E-state index >= 15 is 0 Å². The Balaban J connectivity index is 1.97. The van der Waals surface area contributed by atoms with E-state index < -0.39 is 0 Å². The smallest absolute Gasteiger partial charge is 0.00220 e. The monoisotopic (exact) mass is 140 g/mol. The summed E-state index contributed by atoms with van der Waals surface area (Å²) in [6.45, 7) is 5.16. The van der Waals surface area contributed by atoms with Gasteiger partial charge in [0, 0.05) is 13.1 Å². The Hall–Kier alpha value is -0.0800. The molecule has 2 rings (SSSR count). The van der Waals surface area contributed by atoms with E-state index in [1.165, 1.54) is 32.6 Å². The lowest BCUT2D eigenvalue weighted by Gasteiger charge is -2.24. The fraction of sp³-hybridized carbons (Fsp3) is 1.00. The Morgan fingerprint density at radius 2 is 2.10 bits per heavy atom. The first-order chi connectivity index (χ1) is 4.86. The summed E-state index contributed by atoms with van der Waals surface area (Å²) in [4.78, 5) is 2.46. The average molecular weight is 140 g/mol. The van der Waals surface area contributed by atoms with Crippen LogP contribution < -0.4 is 5.32 Å². The van der Waals surface area contributed by atoms with Crippen LogP contribution in [0.25, 0.3) is 0 Å². The van der Waals surface area contributed by atoms with Gasteiger partial charge in [0.05, 0.1) is 0 Å². The van der Waals surface area contributed by atoms with Crippen LogP contribution >= 0.6 is 0 Å². The number of likely N-dealkylation sites (tertiary alicyclic amines) is 1. The third kappa shape index (κ3) is 1.06. The van der Waals surface area contributed by atoms with Gasteiger partial charge in [0.25, 0.3) is 0 Å². The van der Waals surface area contributed by atoms with E-state index in [2.05, 4.69) is 17.3 Å². The molecule has 2 heterocycles. The summed E-state index contributed by atoms with van der Waals surface area (Å²) >= 11 is 0. The molecular weight excluding hydrogens is 124 g/mol. The zero-order chi connectivity index (χ0) is 6.97. The first-order valence-electron chi connectivity index (χ1n) is 4.25. The molecule has 2 aliphatic rings. The maximum absolute atomic E-state index is 3.45. The number of nitrogens with one attached hydrogen (secondary N) is 1. The van der Waals surface area contributed by atoms with Gasteiger partial charge in [-0.2, -0.15) is 0 Å². The van der Waals surface area contributed by atoms with Crippen LogP contribution in [0.1, 0.15) is 6.42 Å².